The molecule has 2 atom stereocenters. The molecule has 0 saturated carbocycles. The van der Waals surface area contributed by atoms with Crippen LogP contribution in [-0.4, -0.2) is 52.0 Å². The van der Waals surface area contributed by atoms with Crippen molar-refractivity contribution in [2.24, 2.45) is 0 Å². The molecule has 1 aliphatic rings. The van der Waals surface area contributed by atoms with Gasteiger partial charge in [0.15, 0.2) is 0 Å². The third-order valence-corrected chi connectivity index (χ3v) is 4.92. The van der Waals surface area contributed by atoms with Gasteiger partial charge in [0.25, 0.3) is 0 Å². The van der Waals surface area contributed by atoms with Crippen LogP contribution in [-0.2, 0) is 9.47 Å². The van der Waals surface area contributed by atoms with Crippen molar-refractivity contribution in [1.29, 1.82) is 0 Å². The topological polar surface area (TPSA) is 92.8 Å². The number of nitrogens with zero attached hydrogens (tertiary/aromatic N) is 2. The number of amides is 3. The van der Waals surface area contributed by atoms with Crippen molar-refractivity contribution in [2.75, 3.05) is 11.9 Å². The molecule has 1 saturated heterocycles. The second-order valence-corrected chi connectivity index (χ2v) is 8.92. The molecule has 0 aliphatic carbocycles. The fourth-order valence-electron chi connectivity index (χ4n) is 3.72. The van der Waals surface area contributed by atoms with Crippen LogP contribution in [0.1, 0.15) is 41.5 Å². The molecule has 2 N–H and O–H groups in total. The summed E-state index contributed by atoms with van der Waals surface area (Å²) in [5.41, 5.74) is -0.780. The van der Waals surface area contributed by atoms with Gasteiger partial charge < -0.3 is 20.1 Å². The van der Waals surface area contributed by atoms with Gasteiger partial charge in [-0.2, -0.15) is 0 Å². The van der Waals surface area contributed by atoms with Crippen molar-refractivity contribution in [3.05, 3.63) is 36.7 Å². The number of hydrogen-bond donors (Lipinski definition) is 2. The highest BCUT2D eigenvalue weighted by atomic mass is 16.6. The van der Waals surface area contributed by atoms with E-state index < -0.39 is 17.4 Å². The van der Waals surface area contributed by atoms with Crippen molar-refractivity contribution >= 4 is 28.6 Å². The van der Waals surface area contributed by atoms with Gasteiger partial charge in [0.2, 0.25) is 0 Å². The number of ether oxygens (including phenoxy) is 2. The molecular formula is C22H30N4O4. The maximum atomic E-state index is 12.8. The van der Waals surface area contributed by atoms with Crippen LogP contribution < -0.4 is 10.6 Å². The Bertz CT molecular complexity index is 933. The molecule has 162 valence electrons. The van der Waals surface area contributed by atoms with Gasteiger partial charge >= 0.3 is 12.1 Å². The Balaban J connectivity index is 1.69. The first-order chi connectivity index (χ1) is 14.0. The van der Waals surface area contributed by atoms with Crippen molar-refractivity contribution in [2.45, 2.75) is 65.0 Å². The highest BCUT2D eigenvalue weighted by Crippen LogP contribution is 2.33. The van der Waals surface area contributed by atoms with E-state index >= 15 is 0 Å². The predicted molar refractivity (Wildman–Crippen MR) is 115 cm³/mol. The number of urea groups is 1. The van der Waals surface area contributed by atoms with Crippen LogP contribution >= 0.6 is 0 Å². The van der Waals surface area contributed by atoms with Gasteiger partial charge in [-0.25, -0.2) is 9.59 Å². The average molecular weight is 415 g/mol. The molecule has 2 aromatic rings. The Morgan fingerprint density at radius 3 is 2.70 bits per heavy atom. The SMILES string of the molecule is C[C@H]1OC(C)(C)N(C(=O)OC(C)(C)C)[C@@H]1CNC(=O)Nc1cccc2cnccc12. The van der Waals surface area contributed by atoms with Crippen LogP contribution in [0.3, 0.4) is 0 Å². The van der Waals surface area contributed by atoms with E-state index in [1.165, 1.54) is 0 Å². The van der Waals surface area contributed by atoms with E-state index in [9.17, 15) is 9.59 Å². The molecule has 2 heterocycles. The first-order valence-electron chi connectivity index (χ1n) is 10.1. The van der Waals surface area contributed by atoms with Crippen LogP contribution in [0.5, 0.6) is 0 Å². The molecule has 0 radical (unpaired) electrons. The van der Waals surface area contributed by atoms with Crippen LogP contribution in [0, 0.1) is 0 Å². The number of hydrogen-bond acceptors (Lipinski definition) is 5. The zero-order valence-corrected chi connectivity index (χ0v) is 18.4. The Kier molecular flexibility index (Phi) is 5.90. The van der Waals surface area contributed by atoms with Crippen LogP contribution in [0.25, 0.3) is 10.8 Å². The van der Waals surface area contributed by atoms with E-state index in [2.05, 4.69) is 15.6 Å². The summed E-state index contributed by atoms with van der Waals surface area (Å²) >= 11 is 0. The maximum absolute atomic E-state index is 12.8. The smallest absolute Gasteiger partial charge is 0.412 e. The molecule has 1 fully saturated rings. The minimum atomic E-state index is -0.840. The van der Waals surface area contributed by atoms with Crippen molar-refractivity contribution < 1.29 is 19.1 Å². The van der Waals surface area contributed by atoms with Gasteiger partial charge in [0.1, 0.15) is 11.3 Å². The second-order valence-electron chi connectivity index (χ2n) is 8.92. The number of carbonyl (C=O) groups is 2. The van der Waals surface area contributed by atoms with Gasteiger partial charge in [-0.3, -0.25) is 9.88 Å². The molecule has 1 aromatic heterocycles. The number of nitrogens with one attached hydrogen (secondary N) is 2. The number of rotatable bonds is 3. The molecule has 8 nitrogen and oxygen atoms in total. The van der Waals surface area contributed by atoms with E-state index in [-0.39, 0.29) is 24.7 Å². The first kappa shape index (κ1) is 21.8. The van der Waals surface area contributed by atoms with Gasteiger partial charge in [0.05, 0.1) is 17.8 Å². The summed E-state index contributed by atoms with van der Waals surface area (Å²) in [7, 11) is 0. The molecule has 0 unspecified atom stereocenters. The van der Waals surface area contributed by atoms with Gasteiger partial charge in [0, 0.05) is 29.7 Å². The lowest BCUT2D eigenvalue weighted by atomic mass is 10.1. The number of fused-ring (bicyclic) bond motifs is 1. The van der Waals surface area contributed by atoms with Crippen molar-refractivity contribution in [3.63, 3.8) is 0 Å². The zero-order valence-electron chi connectivity index (χ0n) is 18.4. The van der Waals surface area contributed by atoms with Crippen molar-refractivity contribution in [1.82, 2.24) is 15.2 Å². The molecule has 30 heavy (non-hydrogen) atoms. The van der Waals surface area contributed by atoms with E-state index in [0.29, 0.717) is 5.69 Å². The van der Waals surface area contributed by atoms with E-state index in [4.69, 9.17) is 9.47 Å². The van der Waals surface area contributed by atoms with Gasteiger partial charge in [-0.1, -0.05) is 12.1 Å². The fraction of sp³-hybridized carbons (Fsp3) is 0.500. The summed E-state index contributed by atoms with van der Waals surface area (Å²) in [6, 6.07) is 6.75. The minimum absolute atomic E-state index is 0.224. The number of pyridine rings is 1. The lowest BCUT2D eigenvalue weighted by Gasteiger charge is -2.35. The third-order valence-electron chi connectivity index (χ3n) is 4.92. The lowest BCUT2D eigenvalue weighted by molar-refractivity contribution is -0.0756. The number of anilines is 1. The number of aromatic nitrogens is 1. The normalized spacial score (nSPS) is 20.8. The molecule has 1 aromatic carbocycles. The van der Waals surface area contributed by atoms with Crippen LogP contribution in [0.4, 0.5) is 15.3 Å². The Hall–Kier alpha value is -2.87. The molecule has 3 amide bonds. The van der Waals surface area contributed by atoms with Gasteiger partial charge in [-0.15, -0.1) is 0 Å². The molecule has 0 spiro atoms. The second kappa shape index (κ2) is 8.10. The van der Waals surface area contributed by atoms with Crippen molar-refractivity contribution in [3.8, 4) is 0 Å². The van der Waals surface area contributed by atoms with E-state index in [1.54, 1.807) is 17.3 Å². The minimum Gasteiger partial charge on any atom is -0.444 e. The Morgan fingerprint density at radius 2 is 2.00 bits per heavy atom. The Labute approximate surface area is 176 Å². The standard InChI is InChI=1S/C22H30N4O4/c1-14-18(26(22(5,6)29-14)20(28)30-21(2,3)4)13-24-19(27)25-17-9-7-8-15-12-23-11-10-16(15)17/h7-12,14,18H,13H2,1-6H3,(H2,24,25,27)/t14-,18-/m1/s1. The highest BCUT2D eigenvalue weighted by molar-refractivity contribution is 6.01. The average Bonchev–Trinajstić information content (AvgIpc) is 2.86. The summed E-state index contributed by atoms with van der Waals surface area (Å²) in [6.07, 6.45) is 2.70. The van der Waals surface area contributed by atoms with E-state index in [1.807, 2.05) is 65.8 Å². The van der Waals surface area contributed by atoms with E-state index in [0.717, 1.165) is 10.8 Å². The van der Waals surface area contributed by atoms with Crippen LogP contribution in [0.2, 0.25) is 0 Å². The summed E-state index contributed by atoms with van der Waals surface area (Å²) in [4.78, 5) is 31.0. The highest BCUT2D eigenvalue weighted by Gasteiger charge is 2.49. The number of benzene rings is 1. The van der Waals surface area contributed by atoms with Crippen LogP contribution in [0.15, 0.2) is 36.7 Å². The molecule has 0 bridgehead atoms. The largest absolute Gasteiger partial charge is 0.444 e. The first-order valence-corrected chi connectivity index (χ1v) is 10.1. The molecule has 3 rings (SSSR count). The molecule has 8 heteroatoms. The Morgan fingerprint density at radius 1 is 1.27 bits per heavy atom. The predicted octanol–water partition coefficient (Wildman–Crippen LogP) is 4.12. The molecule has 1 aliphatic heterocycles. The molecular weight excluding hydrogens is 384 g/mol. The summed E-state index contributed by atoms with van der Waals surface area (Å²) in [5, 5.41) is 7.57. The quantitative estimate of drug-likeness (QED) is 0.788. The summed E-state index contributed by atoms with van der Waals surface area (Å²) in [6.45, 7) is 11.2. The lowest BCUT2D eigenvalue weighted by Crippen LogP contribution is -2.53. The monoisotopic (exact) mass is 414 g/mol. The van der Waals surface area contributed by atoms with Gasteiger partial charge in [-0.05, 0) is 53.7 Å². The number of carbonyl (C=O) groups excluding carboxylic acids is 2. The summed E-state index contributed by atoms with van der Waals surface area (Å²) < 4.78 is 11.5. The third kappa shape index (κ3) is 4.81. The maximum Gasteiger partial charge on any atom is 0.412 e. The fourth-order valence-corrected chi connectivity index (χ4v) is 3.72. The summed E-state index contributed by atoms with van der Waals surface area (Å²) in [5.74, 6) is 0. The zero-order chi connectivity index (χ0) is 22.1.